The van der Waals surface area contributed by atoms with Gasteiger partial charge < -0.3 is 4.90 Å². The molecule has 1 amide bonds. The molecule has 0 aliphatic heterocycles. The Kier molecular flexibility index (Phi) is 6.30. The molecule has 0 atom stereocenters. The van der Waals surface area contributed by atoms with Crippen LogP contribution in [0, 0.1) is 5.82 Å². The van der Waals surface area contributed by atoms with E-state index in [-0.39, 0.29) is 18.3 Å². The van der Waals surface area contributed by atoms with Crippen LogP contribution in [0.25, 0.3) is 0 Å². The molecule has 0 unspecified atom stereocenters. The van der Waals surface area contributed by atoms with Crippen LogP contribution >= 0.6 is 15.9 Å². The van der Waals surface area contributed by atoms with E-state index in [9.17, 15) is 9.18 Å². The van der Waals surface area contributed by atoms with Crippen molar-refractivity contribution in [2.75, 3.05) is 25.0 Å². The van der Waals surface area contributed by atoms with E-state index >= 15 is 0 Å². The fraction of sp³-hybridized carbons (Fsp3) is 0.278. The first-order valence-electron chi connectivity index (χ1n) is 7.49. The van der Waals surface area contributed by atoms with E-state index in [2.05, 4.69) is 15.9 Å². The lowest BCUT2D eigenvalue weighted by Crippen LogP contribution is -2.38. The Bertz CT molecular complexity index is 663. The van der Waals surface area contributed by atoms with Crippen molar-refractivity contribution in [2.24, 2.45) is 0 Å². The van der Waals surface area contributed by atoms with Gasteiger partial charge in [-0.3, -0.25) is 9.69 Å². The first-order valence-corrected chi connectivity index (χ1v) is 8.28. The predicted octanol–water partition coefficient (Wildman–Crippen LogP) is 4.07. The van der Waals surface area contributed by atoms with Crippen molar-refractivity contribution >= 4 is 27.5 Å². The zero-order chi connectivity index (χ0) is 16.8. The van der Waals surface area contributed by atoms with Crippen LogP contribution in [-0.4, -0.2) is 30.9 Å². The molecule has 0 N–H and O–H groups in total. The summed E-state index contributed by atoms with van der Waals surface area (Å²) in [6.07, 6.45) is 0. The maximum Gasteiger partial charge on any atom is 0.240 e. The van der Waals surface area contributed by atoms with Gasteiger partial charge in [0.1, 0.15) is 5.82 Å². The highest BCUT2D eigenvalue weighted by atomic mass is 79.9. The number of nitrogens with zero attached hydrogens (tertiary/aromatic N) is 2. The topological polar surface area (TPSA) is 23.6 Å². The summed E-state index contributed by atoms with van der Waals surface area (Å²) in [6, 6.07) is 14.3. The van der Waals surface area contributed by atoms with E-state index in [0.717, 1.165) is 10.2 Å². The molecule has 0 saturated carbocycles. The van der Waals surface area contributed by atoms with Gasteiger partial charge in [0.2, 0.25) is 5.91 Å². The van der Waals surface area contributed by atoms with Gasteiger partial charge >= 0.3 is 0 Å². The first kappa shape index (κ1) is 17.6. The largest absolute Gasteiger partial charge is 0.314 e. The average molecular weight is 379 g/mol. The maximum atomic E-state index is 13.9. The molecule has 0 heterocycles. The number of amides is 1. The molecule has 5 heteroatoms. The molecule has 23 heavy (non-hydrogen) atoms. The van der Waals surface area contributed by atoms with E-state index < -0.39 is 0 Å². The minimum Gasteiger partial charge on any atom is -0.314 e. The number of likely N-dealkylation sites (N-methyl/N-ethyl adjacent to an activating group) is 2. The molecule has 2 rings (SSSR count). The first-order chi connectivity index (χ1) is 11.0. The van der Waals surface area contributed by atoms with Crippen LogP contribution in [0.5, 0.6) is 0 Å². The van der Waals surface area contributed by atoms with Crippen molar-refractivity contribution < 1.29 is 9.18 Å². The quantitative estimate of drug-likeness (QED) is 0.756. The fourth-order valence-corrected chi connectivity index (χ4v) is 2.69. The van der Waals surface area contributed by atoms with E-state index in [1.165, 1.54) is 6.07 Å². The molecular weight excluding hydrogens is 359 g/mol. The van der Waals surface area contributed by atoms with Crippen molar-refractivity contribution in [3.8, 4) is 0 Å². The summed E-state index contributed by atoms with van der Waals surface area (Å²) in [5.74, 6) is -0.274. The zero-order valence-corrected chi connectivity index (χ0v) is 14.9. The summed E-state index contributed by atoms with van der Waals surface area (Å²) in [5, 5.41) is 0. The second kappa shape index (κ2) is 8.22. The van der Waals surface area contributed by atoms with Crippen LogP contribution in [0.15, 0.2) is 53.0 Å². The van der Waals surface area contributed by atoms with Gasteiger partial charge in [0.25, 0.3) is 0 Å². The second-order valence-electron chi connectivity index (χ2n) is 5.33. The Labute approximate surface area is 144 Å². The number of anilines is 1. The molecular formula is C18H20BrFN2O. The monoisotopic (exact) mass is 378 g/mol. The van der Waals surface area contributed by atoms with E-state index in [1.54, 1.807) is 24.1 Å². The second-order valence-corrected chi connectivity index (χ2v) is 6.24. The standard InChI is InChI=1S/C18H20BrFN2O/c1-3-22(12-14-11-15(19)9-10-17(14)20)13-18(23)21(2)16-7-5-4-6-8-16/h4-11H,3,12-13H2,1-2H3. The summed E-state index contributed by atoms with van der Waals surface area (Å²) < 4.78 is 14.7. The number of hydrogen-bond donors (Lipinski definition) is 0. The zero-order valence-electron chi connectivity index (χ0n) is 13.3. The number of rotatable bonds is 6. The lowest BCUT2D eigenvalue weighted by Gasteiger charge is -2.24. The highest BCUT2D eigenvalue weighted by Crippen LogP contribution is 2.18. The molecule has 0 spiro atoms. The van der Waals surface area contributed by atoms with Crippen LogP contribution < -0.4 is 4.90 Å². The molecule has 0 bridgehead atoms. The van der Waals surface area contributed by atoms with Crippen molar-refractivity contribution in [1.82, 2.24) is 4.90 Å². The Morgan fingerprint density at radius 1 is 1.17 bits per heavy atom. The number of carbonyl (C=O) groups is 1. The smallest absolute Gasteiger partial charge is 0.240 e. The van der Waals surface area contributed by atoms with Crippen LogP contribution in [0.4, 0.5) is 10.1 Å². The van der Waals surface area contributed by atoms with Gasteiger partial charge in [-0.1, -0.05) is 41.1 Å². The third-order valence-electron chi connectivity index (χ3n) is 3.73. The summed E-state index contributed by atoms with van der Waals surface area (Å²) >= 11 is 3.35. The van der Waals surface area contributed by atoms with Gasteiger partial charge in [-0.25, -0.2) is 4.39 Å². The lowest BCUT2D eigenvalue weighted by atomic mass is 10.2. The van der Waals surface area contributed by atoms with Gasteiger partial charge in [-0.2, -0.15) is 0 Å². The Hall–Kier alpha value is -1.72. The molecule has 0 aliphatic carbocycles. The number of carbonyl (C=O) groups excluding carboxylic acids is 1. The average Bonchev–Trinajstić information content (AvgIpc) is 2.57. The normalized spacial score (nSPS) is 10.8. The molecule has 0 aliphatic rings. The Morgan fingerprint density at radius 2 is 1.87 bits per heavy atom. The van der Waals surface area contributed by atoms with Crippen molar-refractivity contribution in [3.63, 3.8) is 0 Å². The molecule has 3 nitrogen and oxygen atoms in total. The summed E-state index contributed by atoms with van der Waals surface area (Å²) in [7, 11) is 1.76. The number of halogens is 2. The summed E-state index contributed by atoms with van der Waals surface area (Å²) in [6.45, 7) is 3.27. The van der Waals surface area contributed by atoms with Crippen LogP contribution in [0.1, 0.15) is 12.5 Å². The third kappa shape index (κ3) is 4.88. The maximum absolute atomic E-state index is 13.9. The number of hydrogen-bond acceptors (Lipinski definition) is 2. The van der Waals surface area contributed by atoms with Gasteiger partial charge in [0, 0.05) is 29.3 Å². The number of para-hydroxylation sites is 1. The van der Waals surface area contributed by atoms with Crippen molar-refractivity contribution in [1.29, 1.82) is 0 Å². The van der Waals surface area contributed by atoms with Gasteiger partial charge in [-0.15, -0.1) is 0 Å². The highest BCUT2D eigenvalue weighted by Gasteiger charge is 2.16. The number of benzene rings is 2. The highest BCUT2D eigenvalue weighted by molar-refractivity contribution is 9.10. The minimum atomic E-state index is -0.254. The molecule has 122 valence electrons. The van der Waals surface area contributed by atoms with E-state index in [4.69, 9.17) is 0 Å². The van der Waals surface area contributed by atoms with Gasteiger partial charge in [-0.05, 0) is 36.9 Å². The predicted molar refractivity (Wildman–Crippen MR) is 94.9 cm³/mol. The van der Waals surface area contributed by atoms with Crippen LogP contribution in [0.3, 0.4) is 0 Å². The summed E-state index contributed by atoms with van der Waals surface area (Å²) in [5.41, 5.74) is 1.43. The SMILES string of the molecule is CCN(CC(=O)N(C)c1ccccc1)Cc1cc(Br)ccc1F. The van der Waals surface area contributed by atoms with Crippen molar-refractivity contribution in [2.45, 2.75) is 13.5 Å². The Balaban J connectivity index is 2.04. The van der Waals surface area contributed by atoms with Crippen LogP contribution in [-0.2, 0) is 11.3 Å². The van der Waals surface area contributed by atoms with E-state index in [0.29, 0.717) is 18.7 Å². The molecule has 0 aromatic heterocycles. The third-order valence-corrected chi connectivity index (χ3v) is 4.22. The Morgan fingerprint density at radius 3 is 2.52 bits per heavy atom. The van der Waals surface area contributed by atoms with Crippen molar-refractivity contribution in [3.05, 3.63) is 64.4 Å². The lowest BCUT2D eigenvalue weighted by molar-refractivity contribution is -0.119. The summed E-state index contributed by atoms with van der Waals surface area (Å²) in [4.78, 5) is 16.0. The van der Waals surface area contributed by atoms with Crippen LogP contribution in [0.2, 0.25) is 0 Å². The van der Waals surface area contributed by atoms with Gasteiger partial charge in [0.05, 0.1) is 6.54 Å². The molecule has 0 fully saturated rings. The van der Waals surface area contributed by atoms with Gasteiger partial charge in [0.15, 0.2) is 0 Å². The molecule has 0 radical (unpaired) electrons. The van der Waals surface area contributed by atoms with E-state index in [1.807, 2.05) is 42.2 Å². The molecule has 2 aromatic rings. The molecule has 0 saturated heterocycles. The fourth-order valence-electron chi connectivity index (χ4n) is 2.28. The minimum absolute atomic E-state index is 0.0199. The molecule has 2 aromatic carbocycles.